The number of carbonyl (C=O) groups excluding carboxylic acids is 2. The third-order valence-corrected chi connectivity index (χ3v) is 5.11. The van der Waals surface area contributed by atoms with Gasteiger partial charge in [-0.25, -0.2) is 0 Å². The second-order valence-corrected chi connectivity index (χ2v) is 7.64. The summed E-state index contributed by atoms with van der Waals surface area (Å²) in [6.45, 7) is 7.60. The summed E-state index contributed by atoms with van der Waals surface area (Å²) in [5, 5.41) is 0.597. The number of amides is 2. The van der Waals surface area contributed by atoms with Crippen LogP contribution in [-0.4, -0.2) is 79.0 Å². The maximum atomic E-state index is 13.1. The molecule has 2 aliphatic rings. The number of piperazine rings is 1. The molecule has 0 bridgehead atoms. The first kappa shape index (κ1) is 19.9. The second kappa shape index (κ2) is 8.42. The molecule has 0 aromatic heterocycles. The monoisotopic (exact) mass is 391 g/mol. The van der Waals surface area contributed by atoms with E-state index in [1.165, 1.54) is 4.90 Å². The van der Waals surface area contributed by atoms with Gasteiger partial charge in [-0.2, -0.15) is 0 Å². The van der Waals surface area contributed by atoms with Gasteiger partial charge in [0.05, 0.1) is 24.8 Å². The highest BCUT2D eigenvalue weighted by molar-refractivity contribution is 6.36. The van der Waals surface area contributed by atoms with Crippen molar-refractivity contribution in [3.05, 3.63) is 40.5 Å². The van der Waals surface area contributed by atoms with Crippen molar-refractivity contribution < 1.29 is 14.3 Å². The Labute approximate surface area is 165 Å². The number of likely N-dealkylation sites (N-methyl/N-ethyl adjacent to an activating group) is 1. The van der Waals surface area contributed by atoms with E-state index in [0.29, 0.717) is 22.9 Å². The Morgan fingerprint density at radius 3 is 2.26 bits per heavy atom. The highest BCUT2D eigenvalue weighted by Crippen LogP contribution is 2.32. The molecule has 1 fully saturated rings. The zero-order valence-corrected chi connectivity index (χ0v) is 16.8. The molecule has 2 aliphatic heterocycles. The van der Waals surface area contributed by atoms with Crippen LogP contribution in [0.4, 0.5) is 0 Å². The van der Waals surface area contributed by atoms with Gasteiger partial charge in [0.2, 0.25) is 0 Å². The highest BCUT2D eigenvalue weighted by Gasteiger charge is 2.41. The Kier molecular flexibility index (Phi) is 6.19. The van der Waals surface area contributed by atoms with Crippen molar-refractivity contribution >= 4 is 29.0 Å². The molecule has 0 aliphatic carbocycles. The van der Waals surface area contributed by atoms with Gasteiger partial charge in [0.15, 0.2) is 0 Å². The summed E-state index contributed by atoms with van der Waals surface area (Å²) >= 11 is 6.00. The first-order valence-corrected chi connectivity index (χ1v) is 9.67. The van der Waals surface area contributed by atoms with Gasteiger partial charge >= 0.3 is 0 Å². The van der Waals surface area contributed by atoms with E-state index in [9.17, 15) is 9.59 Å². The van der Waals surface area contributed by atoms with E-state index in [2.05, 4.69) is 11.9 Å². The maximum Gasteiger partial charge on any atom is 0.277 e. The molecule has 146 valence electrons. The first-order chi connectivity index (χ1) is 12.9. The van der Waals surface area contributed by atoms with E-state index in [0.717, 1.165) is 31.7 Å². The van der Waals surface area contributed by atoms with Crippen molar-refractivity contribution in [2.24, 2.45) is 0 Å². The molecule has 2 amide bonds. The van der Waals surface area contributed by atoms with Gasteiger partial charge in [-0.1, -0.05) is 23.7 Å². The number of rotatable bonds is 6. The zero-order chi connectivity index (χ0) is 19.6. The summed E-state index contributed by atoms with van der Waals surface area (Å²) in [6.07, 6.45) is 0.0543. The fourth-order valence-electron chi connectivity index (χ4n) is 3.35. The van der Waals surface area contributed by atoms with E-state index < -0.39 is 0 Å². The molecule has 0 saturated carbocycles. The standard InChI is InChI=1S/C20H26ClN3O3/c1-14(2)27-13-12-24-19(25)17(15-4-6-16(21)7-5-15)18(20(24)26)23-10-8-22(3)9-11-23/h4-7,14H,8-13H2,1-3H3. The second-order valence-electron chi connectivity index (χ2n) is 7.20. The lowest BCUT2D eigenvalue weighted by atomic mass is 10.0. The maximum absolute atomic E-state index is 13.1. The SMILES string of the molecule is CC(C)OCCN1C(=O)C(c2ccc(Cl)cc2)=C(N2CCN(C)CC2)C1=O. The Balaban J connectivity index is 1.92. The van der Waals surface area contributed by atoms with Gasteiger partial charge in [-0.05, 0) is 38.6 Å². The summed E-state index contributed by atoms with van der Waals surface area (Å²) in [5.74, 6) is -0.495. The number of benzene rings is 1. The molecule has 0 atom stereocenters. The lowest BCUT2D eigenvalue weighted by Crippen LogP contribution is -2.46. The minimum atomic E-state index is -0.261. The summed E-state index contributed by atoms with van der Waals surface area (Å²) in [4.78, 5) is 31.8. The van der Waals surface area contributed by atoms with Crippen LogP contribution in [0.25, 0.3) is 5.57 Å². The minimum Gasteiger partial charge on any atom is -0.377 e. The van der Waals surface area contributed by atoms with Gasteiger partial charge in [0, 0.05) is 31.2 Å². The van der Waals surface area contributed by atoms with E-state index in [4.69, 9.17) is 16.3 Å². The van der Waals surface area contributed by atoms with E-state index in [1.807, 2.05) is 18.7 Å². The summed E-state index contributed by atoms with van der Waals surface area (Å²) < 4.78 is 5.55. The topological polar surface area (TPSA) is 53.1 Å². The van der Waals surface area contributed by atoms with Crippen molar-refractivity contribution in [2.75, 3.05) is 46.4 Å². The van der Waals surface area contributed by atoms with Crippen molar-refractivity contribution in [2.45, 2.75) is 20.0 Å². The molecule has 2 heterocycles. The Morgan fingerprint density at radius 1 is 1.04 bits per heavy atom. The molecule has 1 aromatic carbocycles. The largest absolute Gasteiger partial charge is 0.377 e. The van der Waals surface area contributed by atoms with E-state index in [1.54, 1.807) is 24.3 Å². The van der Waals surface area contributed by atoms with Gasteiger partial charge in [0.1, 0.15) is 5.70 Å². The van der Waals surface area contributed by atoms with Crippen LogP contribution in [0.1, 0.15) is 19.4 Å². The van der Waals surface area contributed by atoms with Crippen LogP contribution in [0.15, 0.2) is 30.0 Å². The number of carbonyl (C=O) groups is 2. The molecule has 27 heavy (non-hydrogen) atoms. The Bertz CT molecular complexity index is 737. The van der Waals surface area contributed by atoms with Gasteiger partial charge in [-0.3, -0.25) is 14.5 Å². The van der Waals surface area contributed by atoms with E-state index in [-0.39, 0.29) is 24.5 Å². The molecule has 0 spiro atoms. The van der Waals surface area contributed by atoms with Crippen LogP contribution in [0.2, 0.25) is 5.02 Å². The normalized spacial score (nSPS) is 19.0. The molecule has 1 aromatic rings. The minimum absolute atomic E-state index is 0.0543. The van der Waals surface area contributed by atoms with E-state index >= 15 is 0 Å². The van der Waals surface area contributed by atoms with Gasteiger partial charge in [-0.15, -0.1) is 0 Å². The van der Waals surface area contributed by atoms with Crippen LogP contribution in [-0.2, 0) is 14.3 Å². The zero-order valence-electron chi connectivity index (χ0n) is 16.1. The molecule has 0 N–H and O–H groups in total. The number of ether oxygens (including phenoxy) is 1. The number of halogens is 1. The number of nitrogens with zero attached hydrogens (tertiary/aromatic N) is 3. The van der Waals surface area contributed by atoms with Crippen molar-refractivity contribution in [1.82, 2.24) is 14.7 Å². The Morgan fingerprint density at radius 2 is 1.67 bits per heavy atom. The quantitative estimate of drug-likeness (QED) is 0.695. The third-order valence-electron chi connectivity index (χ3n) is 4.86. The lowest BCUT2D eigenvalue weighted by Gasteiger charge is -2.34. The van der Waals surface area contributed by atoms with Crippen LogP contribution < -0.4 is 0 Å². The predicted octanol–water partition coefficient (Wildman–Crippen LogP) is 2.09. The summed E-state index contributed by atoms with van der Waals surface area (Å²) in [7, 11) is 2.06. The van der Waals surface area contributed by atoms with Crippen molar-refractivity contribution in [3.63, 3.8) is 0 Å². The molecule has 7 heteroatoms. The number of hydrogen-bond donors (Lipinski definition) is 0. The molecule has 6 nitrogen and oxygen atoms in total. The molecular weight excluding hydrogens is 366 g/mol. The summed E-state index contributed by atoms with van der Waals surface area (Å²) in [6, 6.07) is 7.08. The van der Waals surface area contributed by atoms with Gasteiger partial charge in [0.25, 0.3) is 11.8 Å². The molecule has 0 radical (unpaired) electrons. The molecule has 3 rings (SSSR count). The molecule has 0 unspecified atom stereocenters. The molecule has 1 saturated heterocycles. The average molecular weight is 392 g/mol. The van der Waals surface area contributed by atoms with Crippen LogP contribution in [0.5, 0.6) is 0 Å². The third kappa shape index (κ3) is 4.34. The van der Waals surface area contributed by atoms with Crippen molar-refractivity contribution in [1.29, 1.82) is 0 Å². The smallest absolute Gasteiger partial charge is 0.277 e. The molecular formula is C20H26ClN3O3. The van der Waals surface area contributed by atoms with Gasteiger partial charge < -0.3 is 14.5 Å². The van der Waals surface area contributed by atoms with Crippen LogP contribution in [0.3, 0.4) is 0 Å². The van der Waals surface area contributed by atoms with Crippen LogP contribution in [0, 0.1) is 0 Å². The number of imide groups is 1. The van der Waals surface area contributed by atoms with Crippen LogP contribution >= 0.6 is 11.6 Å². The number of hydrogen-bond acceptors (Lipinski definition) is 5. The van der Waals surface area contributed by atoms with Crippen molar-refractivity contribution in [3.8, 4) is 0 Å². The summed E-state index contributed by atoms with van der Waals surface area (Å²) in [5.41, 5.74) is 1.68. The fraction of sp³-hybridized carbons (Fsp3) is 0.500. The fourth-order valence-corrected chi connectivity index (χ4v) is 3.47. The first-order valence-electron chi connectivity index (χ1n) is 9.30. The Hall–Kier alpha value is -1.89. The highest BCUT2D eigenvalue weighted by atomic mass is 35.5. The average Bonchev–Trinajstić information content (AvgIpc) is 2.87. The predicted molar refractivity (Wildman–Crippen MR) is 105 cm³/mol. The lowest BCUT2D eigenvalue weighted by molar-refractivity contribution is -0.138.